The van der Waals surface area contributed by atoms with E-state index in [0.717, 1.165) is 12.8 Å². The molecule has 0 radical (unpaired) electrons. The molecule has 0 unspecified atom stereocenters. The van der Waals surface area contributed by atoms with Gasteiger partial charge < -0.3 is 0 Å². The molecule has 0 saturated heterocycles. The Morgan fingerprint density at radius 2 is 1.79 bits per heavy atom. The van der Waals surface area contributed by atoms with Crippen LogP contribution in [0.4, 0.5) is 0 Å². The van der Waals surface area contributed by atoms with E-state index in [2.05, 4.69) is 4.72 Å². The summed E-state index contributed by atoms with van der Waals surface area (Å²) >= 11 is 0. The summed E-state index contributed by atoms with van der Waals surface area (Å²) in [7, 11) is -3.31. The highest BCUT2D eigenvalue weighted by Crippen LogP contribution is 2.35. The standard InChI is InChI=1S/C10H13NO2S/c1-10(7-8-10)11-14(12,13)9-5-3-2-4-6-9/h2-6,11H,7-8H2,1H3. The smallest absolute Gasteiger partial charge is 0.207 e. The number of hydrogen-bond donors (Lipinski definition) is 1. The van der Waals surface area contributed by atoms with Crippen molar-refractivity contribution in [3.05, 3.63) is 30.3 Å². The molecule has 1 fully saturated rings. The van der Waals surface area contributed by atoms with Crippen LogP contribution in [0.1, 0.15) is 19.8 Å². The molecule has 76 valence electrons. The second-order valence-electron chi connectivity index (χ2n) is 3.98. The molecule has 2 rings (SSSR count). The van der Waals surface area contributed by atoms with Crippen LogP contribution >= 0.6 is 0 Å². The van der Waals surface area contributed by atoms with Crippen molar-refractivity contribution in [2.75, 3.05) is 0 Å². The summed E-state index contributed by atoms with van der Waals surface area (Å²) in [6.45, 7) is 1.92. The molecular weight excluding hydrogens is 198 g/mol. The topological polar surface area (TPSA) is 46.2 Å². The average molecular weight is 211 g/mol. The Morgan fingerprint density at radius 3 is 2.29 bits per heavy atom. The van der Waals surface area contributed by atoms with Gasteiger partial charge in [0.1, 0.15) is 0 Å². The maximum Gasteiger partial charge on any atom is 0.241 e. The van der Waals surface area contributed by atoms with Crippen LogP contribution in [0, 0.1) is 0 Å². The zero-order chi connectivity index (χ0) is 10.2. The third kappa shape index (κ3) is 1.96. The summed E-state index contributed by atoms with van der Waals surface area (Å²) in [6.07, 6.45) is 1.86. The van der Waals surface area contributed by atoms with Crippen molar-refractivity contribution in [1.29, 1.82) is 0 Å². The molecule has 0 amide bonds. The van der Waals surface area contributed by atoms with Gasteiger partial charge in [-0.25, -0.2) is 13.1 Å². The largest absolute Gasteiger partial charge is 0.241 e. The molecule has 0 bridgehead atoms. The van der Waals surface area contributed by atoms with Crippen molar-refractivity contribution in [2.45, 2.75) is 30.2 Å². The molecule has 0 aliphatic heterocycles. The Labute approximate surface area is 84.2 Å². The first-order valence-corrected chi connectivity index (χ1v) is 6.09. The molecule has 0 atom stereocenters. The fraction of sp³-hybridized carbons (Fsp3) is 0.400. The third-order valence-electron chi connectivity index (χ3n) is 2.43. The highest BCUT2D eigenvalue weighted by Gasteiger charge is 2.41. The highest BCUT2D eigenvalue weighted by molar-refractivity contribution is 7.89. The van der Waals surface area contributed by atoms with E-state index in [9.17, 15) is 8.42 Å². The minimum absolute atomic E-state index is 0.200. The van der Waals surface area contributed by atoms with Gasteiger partial charge in [0.2, 0.25) is 10.0 Å². The van der Waals surface area contributed by atoms with Crippen LogP contribution in [0.2, 0.25) is 0 Å². The Morgan fingerprint density at radius 1 is 1.21 bits per heavy atom. The zero-order valence-electron chi connectivity index (χ0n) is 8.03. The maximum atomic E-state index is 11.8. The molecule has 0 spiro atoms. The summed E-state index contributed by atoms with van der Waals surface area (Å²) in [5.74, 6) is 0. The number of benzene rings is 1. The van der Waals surface area contributed by atoms with Gasteiger partial charge >= 0.3 is 0 Å². The van der Waals surface area contributed by atoms with Gasteiger partial charge in [0.15, 0.2) is 0 Å². The Balaban J connectivity index is 2.25. The molecular formula is C10H13NO2S. The summed E-state index contributed by atoms with van der Waals surface area (Å²) < 4.78 is 26.2. The molecule has 3 nitrogen and oxygen atoms in total. The Bertz CT molecular complexity index is 421. The van der Waals surface area contributed by atoms with Crippen molar-refractivity contribution >= 4 is 10.0 Å². The van der Waals surface area contributed by atoms with Crippen LogP contribution in [-0.4, -0.2) is 14.0 Å². The van der Waals surface area contributed by atoms with Gasteiger partial charge in [-0.2, -0.15) is 0 Å². The fourth-order valence-electron chi connectivity index (χ4n) is 1.27. The van der Waals surface area contributed by atoms with E-state index in [1.54, 1.807) is 30.3 Å². The number of rotatable bonds is 3. The van der Waals surface area contributed by atoms with Gasteiger partial charge in [0.05, 0.1) is 4.90 Å². The van der Waals surface area contributed by atoms with Crippen molar-refractivity contribution < 1.29 is 8.42 Å². The van der Waals surface area contributed by atoms with Crippen molar-refractivity contribution in [3.8, 4) is 0 Å². The van der Waals surface area contributed by atoms with Crippen LogP contribution in [0.25, 0.3) is 0 Å². The molecule has 0 heterocycles. The lowest BCUT2D eigenvalue weighted by atomic mass is 10.4. The quantitative estimate of drug-likeness (QED) is 0.824. The van der Waals surface area contributed by atoms with E-state index in [1.807, 2.05) is 6.92 Å². The molecule has 1 aromatic rings. The van der Waals surface area contributed by atoms with Gasteiger partial charge in [0.25, 0.3) is 0 Å². The van der Waals surface area contributed by atoms with Crippen molar-refractivity contribution in [3.63, 3.8) is 0 Å². The van der Waals surface area contributed by atoms with Crippen LogP contribution in [0.15, 0.2) is 35.2 Å². The van der Waals surface area contributed by atoms with E-state index in [4.69, 9.17) is 0 Å². The lowest BCUT2D eigenvalue weighted by Crippen LogP contribution is -2.34. The highest BCUT2D eigenvalue weighted by atomic mass is 32.2. The SMILES string of the molecule is CC1(NS(=O)(=O)c2ccccc2)CC1. The normalized spacial score (nSPS) is 19.2. The molecule has 1 aromatic carbocycles. The van der Waals surface area contributed by atoms with Crippen LogP contribution in [0.5, 0.6) is 0 Å². The first-order valence-electron chi connectivity index (χ1n) is 4.61. The van der Waals surface area contributed by atoms with Crippen LogP contribution in [-0.2, 0) is 10.0 Å². The summed E-state index contributed by atoms with van der Waals surface area (Å²) in [5, 5.41) is 0. The van der Waals surface area contributed by atoms with Gasteiger partial charge in [-0.05, 0) is 31.9 Å². The number of nitrogens with one attached hydrogen (secondary N) is 1. The third-order valence-corrected chi connectivity index (χ3v) is 4.09. The van der Waals surface area contributed by atoms with E-state index < -0.39 is 10.0 Å². The van der Waals surface area contributed by atoms with E-state index in [1.165, 1.54) is 0 Å². The van der Waals surface area contributed by atoms with Crippen LogP contribution < -0.4 is 4.72 Å². The molecule has 1 saturated carbocycles. The molecule has 0 aromatic heterocycles. The van der Waals surface area contributed by atoms with E-state index in [0.29, 0.717) is 4.90 Å². The second kappa shape index (κ2) is 3.07. The number of sulfonamides is 1. The van der Waals surface area contributed by atoms with Gasteiger partial charge in [0, 0.05) is 5.54 Å². The predicted octanol–water partition coefficient (Wildman–Crippen LogP) is 1.52. The molecule has 4 heteroatoms. The second-order valence-corrected chi connectivity index (χ2v) is 5.66. The lowest BCUT2D eigenvalue weighted by molar-refractivity contribution is 0.558. The maximum absolute atomic E-state index is 11.8. The molecule has 1 aliphatic rings. The molecule has 14 heavy (non-hydrogen) atoms. The Kier molecular flexibility index (Phi) is 2.12. The summed E-state index contributed by atoms with van der Waals surface area (Å²) in [6, 6.07) is 8.47. The van der Waals surface area contributed by atoms with E-state index >= 15 is 0 Å². The first kappa shape index (κ1) is 9.68. The van der Waals surface area contributed by atoms with Gasteiger partial charge in [-0.3, -0.25) is 0 Å². The minimum atomic E-state index is -3.31. The first-order chi connectivity index (χ1) is 6.52. The van der Waals surface area contributed by atoms with Gasteiger partial charge in [-0.15, -0.1) is 0 Å². The number of hydrogen-bond acceptors (Lipinski definition) is 2. The summed E-state index contributed by atoms with van der Waals surface area (Å²) in [5.41, 5.74) is -0.200. The zero-order valence-corrected chi connectivity index (χ0v) is 8.84. The van der Waals surface area contributed by atoms with Crippen LogP contribution in [0.3, 0.4) is 0 Å². The Hall–Kier alpha value is -0.870. The van der Waals surface area contributed by atoms with Crippen molar-refractivity contribution in [1.82, 2.24) is 4.72 Å². The fourth-order valence-corrected chi connectivity index (χ4v) is 2.76. The molecule has 1 N–H and O–H groups in total. The lowest BCUT2D eigenvalue weighted by Gasteiger charge is -2.11. The minimum Gasteiger partial charge on any atom is -0.207 e. The van der Waals surface area contributed by atoms with Gasteiger partial charge in [-0.1, -0.05) is 18.2 Å². The van der Waals surface area contributed by atoms with Crippen molar-refractivity contribution in [2.24, 2.45) is 0 Å². The van der Waals surface area contributed by atoms with E-state index in [-0.39, 0.29) is 5.54 Å². The average Bonchev–Trinajstić information content (AvgIpc) is 2.84. The summed E-state index contributed by atoms with van der Waals surface area (Å²) in [4.78, 5) is 0.341. The monoisotopic (exact) mass is 211 g/mol. The molecule has 1 aliphatic carbocycles. The predicted molar refractivity (Wildman–Crippen MR) is 54.4 cm³/mol.